The van der Waals surface area contributed by atoms with Crippen LogP contribution in [0.5, 0.6) is 0 Å². The van der Waals surface area contributed by atoms with E-state index >= 15 is 0 Å². The number of methoxy groups -OCH3 is 1. The van der Waals surface area contributed by atoms with Crippen molar-refractivity contribution in [2.45, 2.75) is 13.0 Å². The van der Waals surface area contributed by atoms with Crippen LogP contribution in [0.2, 0.25) is 0 Å². The summed E-state index contributed by atoms with van der Waals surface area (Å²) in [5, 5.41) is 0. The summed E-state index contributed by atoms with van der Waals surface area (Å²) in [6, 6.07) is 17.5. The second-order valence-electron chi connectivity index (χ2n) is 6.86. The minimum Gasteiger partial charge on any atom is -0.468 e. The Morgan fingerprint density at radius 2 is 1.62 bits per heavy atom. The zero-order chi connectivity index (χ0) is 20.9. The standard InChI is InChI=1S/C22H21NO6/c1-28-20(26)22(12-18(24)17-10-6-3-7-11-17)15-23(13-19(22)25)21(27)29-14-16-8-4-2-5-9-16/h2-11H,12-15H2,1H3. The highest BCUT2D eigenvalue weighted by atomic mass is 16.6. The van der Waals surface area contributed by atoms with Gasteiger partial charge in [0.25, 0.3) is 0 Å². The molecule has 0 saturated carbocycles. The van der Waals surface area contributed by atoms with Crippen molar-refractivity contribution in [2.24, 2.45) is 5.41 Å². The molecule has 0 radical (unpaired) electrons. The molecule has 0 aromatic heterocycles. The van der Waals surface area contributed by atoms with Crippen LogP contribution in [0, 0.1) is 5.41 Å². The first-order valence-electron chi connectivity index (χ1n) is 9.12. The summed E-state index contributed by atoms with van der Waals surface area (Å²) >= 11 is 0. The first-order chi connectivity index (χ1) is 14.0. The van der Waals surface area contributed by atoms with Crippen molar-refractivity contribution in [2.75, 3.05) is 20.2 Å². The molecule has 1 aliphatic rings. The van der Waals surface area contributed by atoms with E-state index in [0.717, 1.165) is 17.6 Å². The first kappa shape index (κ1) is 20.3. The van der Waals surface area contributed by atoms with Gasteiger partial charge in [-0.15, -0.1) is 0 Å². The fourth-order valence-corrected chi connectivity index (χ4v) is 3.33. The Morgan fingerprint density at radius 1 is 1.00 bits per heavy atom. The van der Waals surface area contributed by atoms with Crippen molar-refractivity contribution in [3.8, 4) is 0 Å². The highest BCUT2D eigenvalue weighted by Gasteiger charge is 2.55. The van der Waals surface area contributed by atoms with E-state index in [1.807, 2.05) is 18.2 Å². The first-order valence-corrected chi connectivity index (χ1v) is 9.12. The average Bonchev–Trinajstić information content (AvgIpc) is 3.10. The van der Waals surface area contributed by atoms with Crippen LogP contribution in [0.3, 0.4) is 0 Å². The Balaban J connectivity index is 1.74. The molecule has 1 unspecified atom stereocenters. The summed E-state index contributed by atoms with van der Waals surface area (Å²) in [5.74, 6) is -1.74. The third-order valence-corrected chi connectivity index (χ3v) is 4.93. The lowest BCUT2D eigenvalue weighted by molar-refractivity contribution is -0.155. The number of amides is 1. The maximum absolute atomic E-state index is 12.8. The molecule has 29 heavy (non-hydrogen) atoms. The van der Waals surface area contributed by atoms with Gasteiger partial charge in [-0.1, -0.05) is 60.7 Å². The monoisotopic (exact) mass is 395 g/mol. The van der Waals surface area contributed by atoms with Crippen LogP contribution in [0.15, 0.2) is 60.7 Å². The van der Waals surface area contributed by atoms with Gasteiger partial charge < -0.3 is 9.47 Å². The summed E-state index contributed by atoms with van der Waals surface area (Å²) in [5.41, 5.74) is -0.550. The quantitative estimate of drug-likeness (QED) is 0.424. The Morgan fingerprint density at radius 3 is 2.24 bits per heavy atom. The number of ether oxygens (including phenoxy) is 2. The molecule has 1 fully saturated rings. The largest absolute Gasteiger partial charge is 0.468 e. The van der Waals surface area contributed by atoms with Crippen LogP contribution in [-0.2, 0) is 25.7 Å². The number of benzene rings is 2. The number of esters is 1. The van der Waals surface area contributed by atoms with E-state index in [1.165, 1.54) is 0 Å². The van der Waals surface area contributed by atoms with Gasteiger partial charge in [-0.25, -0.2) is 4.79 Å². The molecule has 7 heteroatoms. The Kier molecular flexibility index (Phi) is 6.07. The number of likely N-dealkylation sites (tertiary alicyclic amines) is 1. The molecule has 1 saturated heterocycles. The SMILES string of the molecule is COC(=O)C1(CC(=O)c2ccccc2)CN(C(=O)OCc2ccccc2)CC1=O. The fourth-order valence-electron chi connectivity index (χ4n) is 3.33. The lowest BCUT2D eigenvalue weighted by atomic mass is 9.79. The third kappa shape index (κ3) is 4.34. The van der Waals surface area contributed by atoms with Crippen LogP contribution >= 0.6 is 0 Å². The van der Waals surface area contributed by atoms with Crippen LogP contribution < -0.4 is 0 Å². The molecule has 0 bridgehead atoms. The number of ketones is 2. The molecule has 0 N–H and O–H groups in total. The Hall–Kier alpha value is -3.48. The van der Waals surface area contributed by atoms with Gasteiger partial charge in [-0.05, 0) is 5.56 Å². The van der Waals surface area contributed by atoms with Crippen molar-refractivity contribution < 1.29 is 28.7 Å². The molecule has 1 atom stereocenters. The zero-order valence-corrected chi connectivity index (χ0v) is 16.0. The average molecular weight is 395 g/mol. The topological polar surface area (TPSA) is 90.0 Å². The fraction of sp³-hybridized carbons (Fsp3) is 0.273. The molecule has 0 spiro atoms. The lowest BCUT2D eigenvalue weighted by Crippen LogP contribution is -2.43. The second-order valence-corrected chi connectivity index (χ2v) is 6.86. The van der Waals surface area contributed by atoms with Crippen molar-refractivity contribution in [1.82, 2.24) is 4.90 Å². The summed E-state index contributed by atoms with van der Waals surface area (Å²) in [7, 11) is 1.15. The third-order valence-electron chi connectivity index (χ3n) is 4.93. The van der Waals surface area contributed by atoms with Gasteiger partial charge in [-0.3, -0.25) is 19.3 Å². The Labute approximate surface area is 168 Å². The van der Waals surface area contributed by atoms with Crippen LogP contribution in [-0.4, -0.2) is 48.7 Å². The zero-order valence-electron chi connectivity index (χ0n) is 16.0. The molecular formula is C22H21NO6. The number of hydrogen-bond donors (Lipinski definition) is 0. The molecule has 2 aromatic rings. The van der Waals surface area contributed by atoms with Crippen molar-refractivity contribution in [3.63, 3.8) is 0 Å². The van der Waals surface area contributed by atoms with Gasteiger partial charge in [0, 0.05) is 18.5 Å². The van der Waals surface area contributed by atoms with E-state index < -0.39 is 23.3 Å². The minimum atomic E-state index is -1.73. The van der Waals surface area contributed by atoms with Gasteiger partial charge in [-0.2, -0.15) is 0 Å². The molecule has 2 aromatic carbocycles. The number of rotatable bonds is 6. The van der Waals surface area contributed by atoms with Gasteiger partial charge in [0.05, 0.1) is 13.7 Å². The molecule has 1 amide bonds. The highest BCUT2D eigenvalue weighted by Crippen LogP contribution is 2.34. The normalized spacial score (nSPS) is 18.4. The summed E-state index contributed by atoms with van der Waals surface area (Å²) in [6.07, 6.45) is -1.09. The smallest absolute Gasteiger partial charge is 0.410 e. The number of carbonyl (C=O) groups is 4. The minimum absolute atomic E-state index is 0.0402. The van der Waals surface area contributed by atoms with Gasteiger partial charge in [0.2, 0.25) is 0 Å². The predicted molar refractivity (Wildman–Crippen MR) is 103 cm³/mol. The summed E-state index contributed by atoms with van der Waals surface area (Å²) < 4.78 is 10.1. The van der Waals surface area contributed by atoms with Gasteiger partial charge >= 0.3 is 12.1 Å². The van der Waals surface area contributed by atoms with Crippen LogP contribution in [0.4, 0.5) is 4.79 Å². The van der Waals surface area contributed by atoms with Crippen LogP contribution in [0.25, 0.3) is 0 Å². The molecule has 0 aliphatic carbocycles. The van der Waals surface area contributed by atoms with E-state index in [-0.39, 0.29) is 31.9 Å². The van der Waals surface area contributed by atoms with Crippen molar-refractivity contribution in [3.05, 3.63) is 71.8 Å². The molecule has 7 nitrogen and oxygen atoms in total. The number of hydrogen-bond acceptors (Lipinski definition) is 6. The number of carbonyl (C=O) groups excluding carboxylic acids is 4. The van der Waals surface area contributed by atoms with E-state index in [1.54, 1.807) is 42.5 Å². The molecule has 150 valence electrons. The molecular weight excluding hydrogens is 374 g/mol. The second kappa shape index (κ2) is 8.68. The maximum Gasteiger partial charge on any atom is 0.410 e. The van der Waals surface area contributed by atoms with Gasteiger partial charge in [0.15, 0.2) is 17.0 Å². The summed E-state index contributed by atoms with van der Waals surface area (Å²) in [6.45, 7) is -0.534. The summed E-state index contributed by atoms with van der Waals surface area (Å²) in [4.78, 5) is 51.5. The van der Waals surface area contributed by atoms with Gasteiger partial charge in [0.1, 0.15) is 6.61 Å². The molecule has 3 rings (SSSR count). The van der Waals surface area contributed by atoms with E-state index in [0.29, 0.717) is 5.56 Å². The van der Waals surface area contributed by atoms with E-state index in [2.05, 4.69) is 0 Å². The Bertz CT molecular complexity index is 911. The number of nitrogens with zero attached hydrogens (tertiary/aromatic N) is 1. The van der Waals surface area contributed by atoms with Crippen molar-refractivity contribution in [1.29, 1.82) is 0 Å². The van der Waals surface area contributed by atoms with E-state index in [4.69, 9.17) is 9.47 Å². The molecule has 1 aliphatic heterocycles. The van der Waals surface area contributed by atoms with Crippen LogP contribution in [0.1, 0.15) is 22.3 Å². The lowest BCUT2D eigenvalue weighted by Gasteiger charge is -2.24. The molecule has 1 heterocycles. The maximum atomic E-state index is 12.8. The predicted octanol–water partition coefficient (Wildman–Crippen LogP) is 2.64. The number of Topliss-reactive ketones (excluding diaryl/α,β-unsaturated/α-hetero) is 2. The van der Waals surface area contributed by atoms with E-state index in [9.17, 15) is 19.2 Å². The highest BCUT2D eigenvalue weighted by molar-refractivity contribution is 6.12. The van der Waals surface area contributed by atoms with Crippen molar-refractivity contribution >= 4 is 23.6 Å².